The number of rotatable bonds is 70. The summed E-state index contributed by atoms with van der Waals surface area (Å²) in [6, 6.07) is -0.641. The lowest BCUT2D eigenvalue weighted by Gasteiger charge is -2.19. The minimum Gasteiger partial charge on any atom is -0.394 e. The van der Waals surface area contributed by atoms with Crippen LogP contribution in [0.4, 0.5) is 0 Å². The number of aliphatic hydroxyl groups excluding tert-OH is 2. The first kappa shape index (κ1) is 80.1. The highest BCUT2D eigenvalue weighted by molar-refractivity contribution is 5.76. The number of amides is 1. The van der Waals surface area contributed by atoms with Gasteiger partial charge >= 0.3 is 0 Å². The van der Waals surface area contributed by atoms with Gasteiger partial charge in [-0.25, -0.2) is 0 Å². The Bertz CT molecular complexity index is 1350. The molecule has 4 heteroatoms. The fourth-order valence-electron chi connectivity index (χ4n) is 11.8. The molecule has 0 spiro atoms. The second kappa shape index (κ2) is 73.3. The second-order valence-electron chi connectivity index (χ2n) is 25.7. The fraction of sp³-hybridized carbons (Fsp3) is 0.859. The van der Waals surface area contributed by atoms with Gasteiger partial charge in [-0.15, -0.1) is 0 Å². The molecule has 0 saturated carbocycles. The van der Waals surface area contributed by atoms with Crippen molar-refractivity contribution in [2.75, 3.05) is 6.61 Å². The van der Waals surface area contributed by atoms with E-state index < -0.39 is 12.1 Å². The molecule has 0 aromatic rings. The summed E-state index contributed by atoms with van der Waals surface area (Å²) in [5, 5.41) is 23.3. The van der Waals surface area contributed by atoms with Crippen LogP contribution in [0, 0.1) is 0 Å². The van der Waals surface area contributed by atoms with E-state index in [1.54, 1.807) is 6.08 Å². The summed E-state index contributed by atoms with van der Waals surface area (Å²) in [5.41, 5.74) is 0. The largest absolute Gasteiger partial charge is 0.394 e. The van der Waals surface area contributed by atoms with E-state index in [4.69, 9.17) is 0 Å². The van der Waals surface area contributed by atoms with Crippen molar-refractivity contribution < 1.29 is 15.0 Å². The Kier molecular flexibility index (Phi) is 71.6. The van der Waals surface area contributed by atoms with Crippen LogP contribution in [0.5, 0.6) is 0 Å². The Labute approximate surface area is 515 Å². The zero-order valence-electron chi connectivity index (χ0n) is 55.8. The maximum atomic E-state index is 12.6. The van der Waals surface area contributed by atoms with E-state index >= 15 is 0 Å². The molecule has 0 aromatic heterocycles. The van der Waals surface area contributed by atoms with Crippen molar-refractivity contribution in [2.24, 2.45) is 0 Å². The molecule has 2 unspecified atom stereocenters. The summed E-state index contributed by atoms with van der Waals surface area (Å²) in [5.74, 6) is -0.0662. The number of unbranched alkanes of at least 4 members (excludes halogenated alkanes) is 55. The standard InChI is InChI=1S/C78H147NO3/c1-3-5-7-9-11-13-15-17-19-21-23-25-27-29-31-33-35-36-37-38-39-40-41-42-44-46-48-50-52-54-56-58-60-62-64-66-68-70-72-74-78(82)79-76(75-80)77(81)73-71-69-67-65-63-61-59-57-55-53-51-49-47-45-43-34-32-30-28-26-24-22-20-18-16-14-12-10-8-6-4-2/h15,17,21,23,27,29,63,65,71,73,76-77,80-81H,3-14,16,18-20,22,24-26,28,30-62,64,66-70,72,74-75H2,1-2H3,(H,79,82)/b17-15-,23-21-,29-27-,65-63+,73-71+. The van der Waals surface area contributed by atoms with Crippen LogP contribution in [-0.2, 0) is 4.79 Å². The van der Waals surface area contributed by atoms with Crippen molar-refractivity contribution in [3.8, 4) is 0 Å². The number of carbonyl (C=O) groups excluding carboxylic acids is 1. The van der Waals surface area contributed by atoms with Crippen LogP contribution >= 0.6 is 0 Å². The molecule has 0 fully saturated rings. The molecule has 0 radical (unpaired) electrons. The average molecular weight is 1150 g/mol. The highest BCUT2D eigenvalue weighted by atomic mass is 16.3. The number of hydrogen-bond acceptors (Lipinski definition) is 3. The normalized spacial score (nSPS) is 13.0. The minimum absolute atomic E-state index is 0.0662. The molecular formula is C78H147NO3. The van der Waals surface area contributed by atoms with Crippen molar-refractivity contribution in [3.63, 3.8) is 0 Å². The van der Waals surface area contributed by atoms with Crippen LogP contribution in [0.15, 0.2) is 60.8 Å². The zero-order chi connectivity index (χ0) is 59.1. The van der Waals surface area contributed by atoms with E-state index in [0.29, 0.717) is 6.42 Å². The molecule has 3 N–H and O–H groups in total. The Morgan fingerprint density at radius 3 is 0.793 bits per heavy atom. The van der Waals surface area contributed by atoms with Crippen LogP contribution in [-0.4, -0.2) is 34.9 Å². The summed E-state index contributed by atoms with van der Waals surface area (Å²) in [7, 11) is 0. The van der Waals surface area contributed by atoms with Crippen molar-refractivity contribution in [1.82, 2.24) is 5.32 Å². The van der Waals surface area contributed by atoms with E-state index in [2.05, 4.69) is 67.8 Å². The summed E-state index contributed by atoms with van der Waals surface area (Å²) >= 11 is 0. The van der Waals surface area contributed by atoms with Gasteiger partial charge < -0.3 is 15.5 Å². The minimum atomic E-state index is -0.864. The molecule has 0 aromatic carbocycles. The van der Waals surface area contributed by atoms with Crippen molar-refractivity contribution in [3.05, 3.63) is 60.8 Å². The van der Waals surface area contributed by atoms with Crippen LogP contribution in [0.2, 0.25) is 0 Å². The Hall–Kier alpha value is -1.91. The first-order valence-electron chi connectivity index (χ1n) is 37.5. The molecule has 482 valence electrons. The highest BCUT2D eigenvalue weighted by Crippen LogP contribution is 2.19. The molecule has 2 atom stereocenters. The van der Waals surface area contributed by atoms with Gasteiger partial charge in [0.2, 0.25) is 5.91 Å². The van der Waals surface area contributed by atoms with Crippen molar-refractivity contribution in [2.45, 2.75) is 424 Å². The highest BCUT2D eigenvalue weighted by Gasteiger charge is 2.18. The number of aliphatic hydroxyl groups is 2. The second-order valence-corrected chi connectivity index (χ2v) is 25.7. The third kappa shape index (κ3) is 68.9. The molecule has 0 heterocycles. The Balaban J connectivity index is 3.43. The number of hydrogen-bond donors (Lipinski definition) is 3. The number of allylic oxidation sites excluding steroid dienone is 9. The summed E-state index contributed by atoms with van der Waals surface area (Å²) in [6.07, 6.45) is 105. The molecule has 0 aliphatic heterocycles. The lowest BCUT2D eigenvalue weighted by Crippen LogP contribution is -2.45. The van der Waals surface area contributed by atoms with Gasteiger partial charge in [0.1, 0.15) is 0 Å². The van der Waals surface area contributed by atoms with Gasteiger partial charge in [-0.2, -0.15) is 0 Å². The smallest absolute Gasteiger partial charge is 0.220 e. The van der Waals surface area contributed by atoms with Gasteiger partial charge in [-0.1, -0.05) is 396 Å². The third-order valence-corrected chi connectivity index (χ3v) is 17.5. The summed E-state index contributed by atoms with van der Waals surface area (Å²) in [4.78, 5) is 12.6. The van der Waals surface area contributed by atoms with Crippen LogP contribution in [0.25, 0.3) is 0 Å². The molecule has 0 saturated heterocycles. The van der Waals surface area contributed by atoms with E-state index in [1.165, 1.54) is 347 Å². The predicted octanol–water partition coefficient (Wildman–Crippen LogP) is 25.8. The molecule has 1 amide bonds. The Morgan fingerprint density at radius 1 is 0.293 bits per heavy atom. The maximum Gasteiger partial charge on any atom is 0.220 e. The van der Waals surface area contributed by atoms with Crippen LogP contribution in [0.3, 0.4) is 0 Å². The molecule has 0 aliphatic rings. The van der Waals surface area contributed by atoms with Gasteiger partial charge in [0.05, 0.1) is 18.8 Å². The lowest BCUT2D eigenvalue weighted by molar-refractivity contribution is -0.123. The quantitative estimate of drug-likeness (QED) is 0.0420. The van der Waals surface area contributed by atoms with Gasteiger partial charge in [0.25, 0.3) is 0 Å². The van der Waals surface area contributed by atoms with Crippen molar-refractivity contribution in [1.29, 1.82) is 0 Å². The Morgan fingerprint density at radius 2 is 0.512 bits per heavy atom. The fourth-order valence-corrected chi connectivity index (χ4v) is 11.8. The summed E-state index contributed by atoms with van der Waals surface area (Å²) in [6.45, 7) is 4.33. The van der Waals surface area contributed by atoms with Crippen LogP contribution in [0.1, 0.15) is 412 Å². The van der Waals surface area contributed by atoms with Gasteiger partial charge in [-0.3, -0.25) is 4.79 Å². The zero-order valence-corrected chi connectivity index (χ0v) is 55.8. The maximum absolute atomic E-state index is 12.6. The van der Waals surface area contributed by atoms with Gasteiger partial charge in [-0.05, 0) is 70.6 Å². The molecular weight excluding hydrogens is 999 g/mol. The van der Waals surface area contributed by atoms with Crippen molar-refractivity contribution >= 4 is 5.91 Å². The number of nitrogens with one attached hydrogen (secondary N) is 1. The summed E-state index contributed by atoms with van der Waals surface area (Å²) < 4.78 is 0. The van der Waals surface area contributed by atoms with E-state index in [9.17, 15) is 15.0 Å². The molecule has 4 nitrogen and oxygen atoms in total. The van der Waals surface area contributed by atoms with E-state index in [0.717, 1.165) is 44.9 Å². The monoisotopic (exact) mass is 1150 g/mol. The van der Waals surface area contributed by atoms with E-state index in [-0.39, 0.29) is 12.5 Å². The average Bonchev–Trinajstić information content (AvgIpc) is 3.50. The van der Waals surface area contributed by atoms with Gasteiger partial charge in [0.15, 0.2) is 0 Å². The first-order chi connectivity index (χ1) is 40.7. The molecule has 0 aliphatic carbocycles. The predicted molar refractivity (Wildman–Crippen MR) is 368 cm³/mol. The van der Waals surface area contributed by atoms with Gasteiger partial charge in [0, 0.05) is 6.42 Å². The molecule has 0 rings (SSSR count). The van der Waals surface area contributed by atoms with E-state index in [1.807, 2.05) is 6.08 Å². The molecule has 0 bridgehead atoms. The number of carbonyl (C=O) groups is 1. The lowest BCUT2D eigenvalue weighted by atomic mass is 10.0. The SMILES string of the molecule is CCCCCCC/C=C\C/C=C\C/C=C\CCCCCCCCCCCCCCCCCCCCCCCCCCC(=O)NC(CO)C(O)/C=C/CC/C=C/CCCCCCCCCCCCCCCCCCCCCCCCCCC. The first-order valence-corrected chi connectivity index (χ1v) is 37.5. The van der Waals surface area contributed by atoms with Crippen LogP contribution < -0.4 is 5.32 Å². The topological polar surface area (TPSA) is 69.6 Å². The third-order valence-electron chi connectivity index (χ3n) is 17.5. The molecule has 82 heavy (non-hydrogen) atoms.